The van der Waals surface area contributed by atoms with Crippen molar-refractivity contribution in [2.45, 2.75) is 65.2 Å². The van der Waals surface area contributed by atoms with Crippen LogP contribution in [0.5, 0.6) is 0 Å². The van der Waals surface area contributed by atoms with Gasteiger partial charge in [0.25, 0.3) is 0 Å². The number of hydrogen-bond donors (Lipinski definition) is 0. The molecular weight excluding hydrogens is 337 g/mol. The minimum atomic E-state index is -4.77. The Morgan fingerprint density at radius 2 is 1.53 bits per heavy atom. The summed E-state index contributed by atoms with van der Waals surface area (Å²) in [6, 6.07) is 0. The van der Waals surface area contributed by atoms with Gasteiger partial charge in [-0.2, -0.15) is 6.42 Å². The average Bonchev–Trinajstić information content (AvgIpc) is 2.31. The summed E-state index contributed by atoms with van der Waals surface area (Å²) in [6.07, 6.45) is 9.10. The molecule has 0 fully saturated rings. The van der Waals surface area contributed by atoms with Gasteiger partial charge >= 0.3 is 19.5 Å². The van der Waals surface area contributed by atoms with Crippen LogP contribution in [0.1, 0.15) is 65.2 Å². The second kappa shape index (κ2) is 19.1. The van der Waals surface area contributed by atoms with Crippen molar-refractivity contribution in [3.05, 3.63) is 6.92 Å². The summed E-state index contributed by atoms with van der Waals surface area (Å²) in [4.78, 5) is 20.1. The van der Waals surface area contributed by atoms with Crippen molar-refractivity contribution in [2.75, 3.05) is 5.75 Å². The van der Waals surface area contributed by atoms with Crippen LogP contribution in [0.3, 0.4) is 0 Å². The molecule has 0 amide bonds. The fraction of sp³-hybridized carbons (Fsp3) is 0.917. The third-order valence-corrected chi connectivity index (χ3v) is 3.69. The van der Waals surface area contributed by atoms with Gasteiger partial charge in [-0.1, -0.05) is 52.4 Å². The first-order valence-electron chi connectivity index (χ1n) is 6.60. The van der Waals surface area contributed by atoms with Crippen molar-refractivity contribution in [3.63, 3.8) is 0 Å². The molecule has 0 bridgehead atoms. The fourth-order valence-electron chi connectivity index (χ4n) is 1.04. The Bertz CT molecular complexity index is 200. The Morgan fingerprint density at radius 1 is 1.05 bits per heavy atom. The SMILES string of the molecule is CCCCCCCCSOP(=O)([O-])[O-].[CH2-]CCC.[Zn+2]. The van der Waals surface area contributed by atoms with Gasteiger partial charge < -0.3 is 21.3 Å². The van der Waals surface area contributed by atoms with Gasteiger partial charge in [-0.05, 0) is 18.5 Å². The quantitative estimate of drug-likeness (QED) is 0.196. The minimum Gasteiger partial charge on any atom is -0.789 e. The largest absolute Gasteiger partial charge is 2.00 e. The first-order chi connectivity index (χ1) is 8.47. The standard InChI is InChI=1S/C8H19O4PS.C4H9.Zn/c1-2-3-4-5-6-7-8-14-12-13(9,10)11;1-3-4-2;/h2-8H2,1H3,(H2,9,10,11);1,3-4H2,2H3;/q;-1;+2/p-2. The zero-order valence-corrected chi connectivity index (χ0v) is 16.9. The van der Waals surface area contributed by atoms with Crippen LogP contribution in [0.2, 0.25) is 0 Å². The van der Waals surface area contributed by atoms with Gasteiger partial charge in [0, 0.05) is 5.75 Å². The Kier molecular flexibility index (Phi) is 25.2. The first-order valence-corrected chi connectivity index (χ1v) is 8.97. The van der Waals surface area contributed by atoms with Gasteiger partial charge in [0.05, 0.1) is 7.82 Å². The number of phosphoric acid groups is 1. The van der Waals surface area contributed by atoms with Crippen molar-refractivity contribution < 1.29 is 37.8 Å². The number of hydrogen-bond acceptors (Lipinski definition) is 5. The minimum absolute atomic E-state index is 0. The molecule has 19 heavy (non-hydrogen) atoms. The van der Waals surface area contributed by atoms with E-state index in [4.69, 9.17) is 0 Å². The van der Waals surface area contributed by atoms with Crippen molar-refractivity contribution >= 4 is 19.9 Å². The van der Waals surface area contributed by atoms with E-state index in [0.29, 0.717) is 5.75 Å². The molecule has 0 radical (unpaired) electrons. The van der Waals surface area contributed by atoms with E-state index in [2.05, 4.69) is 24.7 Å². The molecule has 0 aliphatic heterocycles. The summed E-state index contributed by atoms with van der Waals surface area (Å²) in [6.45, 7) is 7.88. The molecule has 0 aromatic heterocycles. The van der Waals surface area contributed by atoms with Crippen LogP contribution in [-0.4, -0.2) is 5.75 Å². The molecule has 0 unspecified atom stereocenters. The van der Waals surface area contributed by atoms with Crippen molar-refractivity contribution in [3.8, 4) is 0 Å². The van der Waals surface area contributed by atoms with Crippen molar-refractivity contribution in [2.24, 2.45) is 0 Å². The maximum absolute atomic E-state index is 10.0. The van der Waals surface area contributed by atoms with E-state index in [1.165, 1.54) is 32.1 Å². The molecule has 0 aliphatic rings. The smallest absolute Gasteiger partial charge is 0.789 e. The summed E-state index contributed by atoms with van der Waals surface area (Å²) >= 11 is 0.736. The van der Waals surface area contributed by atoms with Gasteiger partial charge in [-0.25, -0.2) is 0 Å². The van der Waals surface area contributed by atoms with Gasteiger partial charge in [0.1, 0.15) is 0 Å². The maximum atomic E-state index is 10.0. The molecule has 0 spiro atoms. The van der Waals surface area contributed by atoms with Crippen LogP contribution in [0.4, 0.5) is 0 Å². The first kappa shape index (κ1) is 25.1. The van der Waals surface area contributed by atoms with E-state index in [-0.39, 0.29) is 19.5 Å². The molecule has 0 aliphatic carbocycles. The maximum Gasteiger partial charge on any atom is 2.00 e. The molecule has 0 rings (SSSR count). The molecule has 0 N–H and O–H groups in total. The van der Waals surface area contributed by atoms with Crippen LogP contribution in [0, 0.1) is 6.92 Å². The average molecular weight is 363 g/mol. The second-order valence-corrected chi connectivity index (χ2v) is 6.10. The molecule has 112 valence electrons. The number of unbranched alkanes of at least 4 members (excludes halogenated alkanes) is 6. The summed E-state index contributed by atoms with van der Waals surface area (Å²) in [5, 5.41) is 0. The normalized spacial score (nSPS) is 10.4. The van der Waals surface area contributed by atoms with Gasteiger partial charge in [-0.15, -0.1) is 0 Å². The van der Waals surface area contributed by atoms with E-state index in [1.54, 1.807) is 0 Å². The Hall–Kier alpha value is 1.08. The van der Waals surface area contributed by atoms with Gasteiger partial charge in [0.2, 0.25) is 0 Å². The van der Waals surface area contributed by atoms with Crippen LogP contribution >= 0.6 is 19.9 Å². The van der Waals surface area contributed by atoms with E-state index >= 15 is 0 Å². The molecule has 0 saturated carbocycles. The molecule has 0 saturated heterocycles. The summed E-state index contributed by atoms with van der Waals surface area (Å²) in [5.74, 6) is 0.570. The molecule has 0 aromatic rings. The van der Waals surface area contributed by atoms with Crippen LogP contribution in [0.15, 0.2) is 0 Å². The van der Waals surface area contributed by atoms with Gasteiger partial charge in [0.15, 0.2) is 0 Å². The second-order valence-electron chi connectivity index (χ2n) is 3.97. The van der Waals surface area contributed by atoms with Crippen LogP contribution in [0.25, 0.3) is 0 Å². The third kappa shape index (κ3) is 32.5. The van der Waals surface area contributed by atoms with Crippen LogP contribution < -0.4 is 9.79 Å². The molecule has 0 heterocycles. The Balaban J connectivity index is -0.000000448. The summed E-state index contributed by atoms with van der Waals surface area (Å²) in [7, 11) is -4.77. The zero-order chi connectivity index (χ0) is 14.3. The van der Waals surface area contributed by atoms with Crippen LogP contribution in [-0.2, 0) is 28.0 Å². The van der Waals surface area contributed by atoms with Gasteiger partial charge in [-0.3, -0.25) is 3.97 Å². The molecule has 0 atom stereocenters. The van der Waals surface area contributed by atoms with E-state index in [1.807, 2.05) is 0 Å². The van der Waals surface area contributed by atoms with E-state index in [9.17, 15) is 14.4 Å². The molecular formula is C12H26O4PSZn-. The van der Waals surface area contributed by atoms with Crippen molar-refractivity contribution in [1.29, 1.82) is 0 Å². The summed E-state index contributed by atoms with van der Waals surface area (Å²) < 4.78 is 14.1. The van der Waals surface area contributed by atoms with E-state index in [0.717, 1.165) is 31.3 Å². The predicted molar refractivity (Wildman–Crippen MR) is 74.8 cm³/mol. The topological polar surface area (TPSA) is 72.4 Å². The van der Waals surface area contributed by atoms with Crippen molar-refractivity contribution in [1.82, 2.24) is 0 Å². The third-order valence-electron chi connectivity index (χ3n) is 2.08. The number of rotatable bonds is 10. The predicted octanol–water partition coefficient (Wildman–Crippen LogP) is 3.46. The Labute approximate surface area is 135 Å². The molecule has 7 heteroatoms. The van der Waals surface area contributed by atoms with E-state index < -0.39 is 7.82 Å². The monoisotopic (exact) mass is 361 g/mol. The molecule has 4 nitrogen and oxygen atoms in total. The summed E-state index contributed by atoms with van der Waals surface area (Å²) in [5.41, 5.74) is 0. The fourth-order valence-corrected chi connectivity index (χ4v) is 2.18. The zero-order valence-electron chi connectivity index (χ0n) is 12.3. The Morgan fingerprint density at radius 3 is 1.95 bits per heavy atom. The molecule has 0 aromatic carbocycles.